The van der Waals surface area contributed by atoms with Gasteiger partial charge in [0.05, 0.1) is 11.5 Å². The zero-order chi connectivity index (χ0) is 18.7. The number of carbonyl (C=O) groups excluding carboxylic acids is 1. The van der Waals surface area contributed by atoms with Crippen molar-refractivity contribution in [3.8, 4) is 0 Å². The van der Waals surface area contributed by atoms with Crippen LogP contribution in [-0.4, -0.2) is 62.9 Å². The van der Waals surface area contributed by atoms with Gasteiger partial charge < -0.3 is 15.4 Å². The normalized spacial score (nSPS) is 21.0. The van der Waals surface area contributed by atoms with Crippen molar-refractivity contribution in [1.29, 1.82) is 0 Å². The van der Waals surface area contributed by atoms with Crippen LogP contribution < -0.4 is 5.73 Å². The molecule has 2 N–H and O–H groups in total. The SMILES string of the molecule is COCC1CCCN1S(=O)(=O)c1ccc2c(c1)CN(C(=O)CCN)CC2. The number of ether oxygens (including phenoxy) is 1. The van der Waals surface area contributed by atoms with Gasteiger partial charge in [0.2, 0.25) is 15.9 Å². The van der Waals surface area contributed by atoms with E-state index in [1.165, 1.54) is 0 Å². The van der Waals surface area contributed by atoms with E-state index >= 15 is 0 Å². The van der Waals surface area contributed by atoms with Gasteiger partial charge in [-0.15, -0.1) is 0 Å². The Kier molecular flexibility index (Phi) is 5.96. The van der Waals surface area contributed by atoms with Gasteiger partial charge >= 0.3 is 0 Å². The van der Waals surface area contributed by atoms with E-state index in [1.807, 2.05) is 6.07 Å². The fourth-order valence-corrected chi connectivity index (χ4v) is 5.54. The number of hydrogen-bond donors (Lipinski definition) is 1. The van der Waals surface area contributed by atoms with Crippen LogP contribution in [0.5, 0.6) is 0 Å². The van der Waals surface area contributed by atoms with Gasteiger partial charge in [0.1, 0.15) is 0 Å². The quantitative estimate of drug-likeness (QED) is 0.784. The number of methoxy groups -OCH3 is 1. The molecule has 7 nitrogen and oxygen atoms in total. The molecule has 26 heavy (non-hydrogen) atoms. The first-order chi connectivity index (χ1) is 12.5. The number of benzene rings is 1. The molecule has 0 radical (unpaired) electrons. The third kappa shape index (κ3) is 3.78. The predicted molar refractivity (Wildman–Crippen MR) is 98.0 cm³/mol. The minimum absolute atomic E-state index is 0.0195. The number of nitrogens with zero attached hydrogens (tertiary/aromatic N) is 2. The minimum Gasteiger partial charge on any atom is -0.383 e. The fourth-order valence-electron chi connectivity index (χ4n) is 3.81. The number of amides is 1. The second-order valence-electron chi connectivity index (χ2n) is 6.90. The van der Waals surface area contributed by atoms with Gasteiger partial charge in [0, 0.05) is 45.8 Å². The molecule has 0 aliphatic carbocycles. The number of carbonyl (C=O) groups is 1. The number of nitrogens with two attached hydrogens (primary N) is 1. The highest BCUT2D eigenvalue weighted by Gasteiger charge is 2.35. The lowest BCUT2D eigenvalue weighted by Gasteiger charge is -2.30. The van der Waals surface area contributed by atoms with Gasteiger partial charge in [-0.05, 0) is 42.5 Å². The van der Waals surface area contributed by atoms with Crippen LogP contribution in [0.2, 0.25) is 0 Å². The van der Waals surface area contributed by atoms with Crippen molar-refractivity contribution >= 4 is 15.9 Å². The maximum atomic E-state index is 13.1. The Bertz CT molecular complexity index is 766. The van der Waals surface area contributed by atoms with E-state index < -0.39 is 10.0 Å². The molecule has 0 aromatic heterocycles. The van der Waals surface area contributed by atoms with Gasteiger partial charge in [-0.3, -0.25) is 4.79 Å². The van der Waals surface area contributed by atoms with E-state index in [0.717, 1.165) is 30.4 Å². The number of sulfonamides is 1. The number of fused-ring (bicyclic) bond motifs is 1. The number of rotatable bonds is 6. The van der Waals surface area contributed by atoms with Crippen LogP contribution in [0.4, 0.5) is 0 Å². The molecular formula is C18H27N3O4S. The molecule has 3 rings (SSSR count). The van der Waals surface area contributed by atoms with Crippen LogP contribution in [0.15, 0.2) is 23.1 Å². The van der Waals surface area contributed by atoms with E-state index in [-0.39, 0.29) is 11.9 Å². The van der Waals surface area contributed by atoms with Gasteiger partial charge in [0.15, 0.2) is 0 Å². The monoisotopic (exact) mass is 381 g/mol. The minimum atomic E-state index is -3.56. The maximum Gasteiger partial charge on any atom is 0.243 e. The van der Waals surface area contributed by atoms with Crippen molar-refractivity contribution in [3.63, 3.8) is 0 Å². The molecule has 1 amide bonds. The first-order valence-electron chi connectivity index (χ1n) is 9.08. The van der Waals surface area contributed by atoms with E-state index in [4.69, 9.17) is 10.5 Å². The highest BCUT2D eigenvalue weighted by atomic mass is 32.2. The Labute approximate surface area is 155 Å². The lowest BCUT2D eigenvalue weighted by molar-refractivity contribution is -0.131. The van der Waals surface area contributed by atoms with Crippen molar-refractivity contribution in [2.75, 3.05) is 33.4 Å². The van der Waals surface area contributed by atoms with E-state index in [9.17, 15) is 13.2 Å². The Morgan fingerprint density at radius 3 is 2.85 bits per heavy atom. The highest BCUT2D eigenvalue weighted by molar-refractivity contribution is 7.89. The Morgan fingerprint density at radius 2 is 2.12 bits per heavy atom. The van der Waals surface area contributed by atoms with Gasteiger partial charge in [0.25, 0.3) is 0 Å². The maximum absolute atomic E-state index is 13.1. The average molecular weight is 381 g/mol. The van der Waals surface area contributed by atoms with Crippen molar-refractivity contribution < 1.29 is 17.9 Å². The van der Waals surface area contributed by atoms with Crippen molar-refractivity contribution in [3.05, 3.63) is 29.3 Å². The van der Waals surface area contributed by atoms with E-state index in [2.05, 4.69) is 0 Å². The summed E-state index contributed by atoms with van der Waals surface area (Å²) in [5.41, 5.74) is 7.49. The largest absolute Gasteiger partial charge is 0.383 e. The van der Waals surface area contributed by atoms with Gasteiger partial charge in [-0.25, -0.2) is 8.42 Å². The molecule has 1 aromatic rings. The molecular weight excluding hydrogens is 354 g/mol. The van der Waals surface area contributed by atoms with Gasteiger partial charge in [-0.2, -0.15) is 4.31 Å². The molecule has 0 bridgehead atoms. The Hall–Kier alpha value is -1.48. The summed E-state index contributed by atoms with van der Waals surface area (Å²) >= 11 is 0. The molecule has 0 spiro atoms. The third-order valence-electron chi connectivity index (χ3n) is 5.19. The van der Waals surface area contributed by atoms with Crippen LogP contribution in [0.3, 0.4) is 0 Å². The predicted octanol–water partition coefficient (Wildman–Crippen LogP) is 0.720. The van der Waals surface area contributed by atoms with Crippen molar-refractivity contribution in [2.45, 2.75) is 43.2 Å². The van der Waals surface area contributed by atoms with E-state index in [1.54, 1.807) is 28.4 Å². The van der Waals surface area contributed by atoms with Crippen molar-refractivity contribution in [1.82, 2.24) is 9.21 Å². The molecule has 144 valence electrons. The van der Waals surface area contributed by atoms with Crippen LogP contribution in [0.25, 0.3) is 0 Å². The van der Waals surface area contributed by atoms with Gasteiger partial charge in [-0.1, -0.05) is 6.07 Å². The third-order valence-corrected chi connectivity index (χ3v) is 7.14. The molecule has 2 heterocycles. The van der Waals surface area contributed by atoms with Crippen molar-refractivity contribution in [2.24, 2.45) is 5.73 Å². The second kappa shape index (κ2) is 8.04. The van der Waals surface area contributed by atoms with Crippen LogP contribution in [0, 0.1) is 0 Å². The standard InChI is InChI=1S/C18H27N3O4S/c1-25-13-16-3-2-9-21(16)26(23,24)17-5-4-14-7-10-20(12-15(14)11-17)18(22)6-8-19/h4-5,11,16H,2-3,6-10,12-13,19H2,1H3. The average Bonchev–Trinajstić information content (AvgIpc) is 3.10. The molecule has 2 aliphatic heterocycles. The first kappa shape index (κ1) is 19.3. The lowest BCUT2D eigenvalue weighted by atomic mass is 9.99. The molecule has 0 saturated carbocycles. The lowest BCUT2D eigenvalue weighted by Crippen LogP contribution is -2.39. The molecule has 1 saturated heterocycles. The summed E-state index contributed by atoms with van der Waals surface area (Å²) in [7, 11) is -1.97. The summed E-state index contributed by atoms with van der Waals surface area (Å²) in [5.74, 6) is 0.0195. The summed E-state index contributed by atoms with van der Waals surface area (Å²) in [5, 5.41) is 0. The highest BCUT2D eigenvalue weighted by Crippen LogP contribution is 2.29. The number of hydrogen-bond acceptors (Lipinski definition) is 5. The van der Waals surface area contributed by atoms with Crippen LogP contribution in [-0.2, 0) is 32.5 Å². The molecule has 1 aromatic carbocycles. The summed E-state index contributed by atoms with van der Waals surface area (Å²) in [4.78, 5) is 14.2. The molecule has 1 atom stereocenters. The fraction of sp³-hybridized carbons (Fsp3) is 0.611. The van der Waals surface area contributed by atoms with Crippen LogP contribution in [0.1, 0.15) is 30.4 Å². The Morgan fingerprint density at radius 1 is 1.31 bits per heavy atom. The topological polar surface area (TPSA) is 92.9 Å². The summed E-state index contributed by atoms with van der Waals surface area (Å²) in [6.07, 6.45) is 2.72. The summed E-state index contributed by atoms with van der Waals surface area (Å²) in [6.45, 7) is 2.35. The zero-order valence-corrected chi connectivity index (χ0v) is 16.0. The molecule has 2 aliphatic rings. The second-order valence-corrected chi connectivity index (χ2v) is 8.79. The van der Waals surface area contributed by atoms with Crippen LogP contribution >= 0.6 is 0 Å². The molecule has 8 heteroatoms. The summed E-state index contributed by atoms with van der Waals surface area (Å²) < 4.78 is 32.9. The first-order valence-corrected chi connectivity index (χ1v) is 10.5. The smallest absolute Gasteiger partial charge is 0.243 e. The Balaban J connectivity index is 1.84. The summed E-state index contributed by atoms with van der Waals surface area (Å²) in [6, 6.07) is 5.19. The zero-order valence-electron chi connectivity index (χ0n) is 15.2. The van der Waals surface area contributed by atoms with E-state index in [0.29, 0.717) is 44.1 Å². The molecule has 1 unspecified atom stereocenters. The molecule has 1 fully saturated rings.